The lowest BCUT2D eigenvalue weighted by Gasteiger charge is -2.32. The molecule has 0 amide bonds. The van der Waals surface area contributed by atoms with E-state index in [-0.39, 0.29) is 0 Å². The summed E-state index contributed by atoms with van der Waals surface area (Å²) in [5.41, 5.74) is 7.87. The number of aliphatic hydroxyl groups excluding tert-OH is 1. The third kappa shape index (κ3) is 2.76. The highest BCUT2D eigenvalue weighted by atomic mass is 16.3. The molecule has 2 heterocycles. The van der Waals surface area contributed by atoms with Gasteiger partial charge in [-0.15, -0.1) is 0 Å². The summed E-state index contributed by atoms with van der Waals surface area (Å²) in [6, 6.07) is 2.11. The van der Waals surface area contributed by atoms with Crippen molar-refractivity contribution in [1.29, 1.82) is 0 Å². The molecule has 3 N–H and O–H groups in total. The maximum atomic E-state index is 9.12. The second kappa shape index (κ2) is 5.47. The van der Waals surface area contributed by atoms with E-state index in [2.05, 4.69) is 22.9 Å². The van der Waals surface area contributed by atoms with Crippen LogP contribution in [0.1, 0.15) is 24.0 Å². The summed E-state index contributed by atoms with van der Waals surface area (Å²) in [6.07, 6.45) is 3.97. The lowest BCUT2D eigenvalue weighted by molar-refractivity contribution is 0.202. The Morgan fingerprint density at radius 3 is 2.71 bits per heavy atom. The van der Waals surface area contributed by atoms with Crippen molar-refractivity contribution in [2.45, 2.75) is 26.3 Å². The molecule has 0 aliphatic carbocycles. The van der Waals surface area contributed by atoms with E-state index in [1.54, 1.807) is 0 Å². The van der Waals surface area contributed by atoms with Crippen molar-refractivity contribution in [2.75, 3.05) is 24.6 Å². The highest BCUT2D eigenvalue weighted by Gasteiger charge is 2.20. The second-order valence-corrected chi connectivity index (χ2v) is 4.80. The topological polar surface area (TPSA) is 62.4 Å². The molecule has 0 bridgehead atoms. The van der Waals surface area contributed by atoms with Crippen LogP contribution >= 0.6 is 0 Å². The van der Waals surface area contributed by atoms with Gasteiger partial charge in [-0.05, 0) is 42.9 Å². The van der Waals surface area contributed by atoms with Crippen LogP contribution in [0.2, 0.25) is 0 Å². The molecule has 0 saturated carbocycles. The first-order chi connectivity index (χ1) is 8.24. The predicted octanol–water partition coefficient (Wildman–Crippen LogP) is 1.06. The minimum absolute atomic E-state index is 0.312. The van der Waals surface area contributed by atoms with Gasteiger partial charge in [0.15, 0.2) is 0 Å². The van der Waals surface area contributed by atoms with Crippen LogP contribution in [0.3, 0.4) is 0 Å². The van der Waals surface area contributed by atoms with Gasteiger partial charge in [-0.3, -0.25) is 0 Å². The number of hydrogen-bond donors (Lipinski definition) is 2. The molecule has 1 fully saturated rings. The van der Waals surface area contributed by atoms with Gasteiger partial charge in [-0.2, -0.15) is 0 Å². The van der Waals surface area contributed by atoms with Gasteiger partial charge in [0.2, 0.25) is 0 Å². The van der Waals surface area contributed by atoms with E-state index < -0.39 is 0 Å². The Hall–Kier alpha value is -1.13. The smallest absolute Gasteiger partial charge is 0.131 e. The third-order valence-electron chi connectivity index (χ3n) is 3.52. The zero-order valence-corrected chi connectivity index (χ0v) is 10.4. The summed E-state index contributed by atoms with van der Waals surface area (Å²) < 4.78 is 0. The molecule has 4 heteroatoms. The van der Waals surface area contributed by atoms with Crippen LogP contribution in [0.25, 0.3) is 0 Å². The molecule has 1 aliphatic rings. The van der Waals surface area contributed by atoms with Gasteiger partial charge in [-0.25, -0.2) is 4.98 Å². The number of rotatable bonds is 3. The molecule has 1 aromatic heterocycles. The number of hydrogen-bond acceptors (Lipinski definition) is 4. The maximum Gasteiger partial charge on any atom is 0.131 e. The molecular weight excluding hydrogens is 214 g/mol. The minimum atomic E-state index is 0.312. The number of piperidine rings is 1. The average molecular weight is 235 g/mol. The van der Waals surface area contributed by atoms with Gasteiger partial charge in [0.25, 0.3) is 0 Å². The van der Waals surface area contributed by atoms with Crippen molar-refractivity contribution >= 4 is 5.82 Å². The van der Waals surface area contributed by atoms with Crippen LogP contribution in [-0.4, -0.2) is 29.8 Å². The van der Waals surface area contributed by atoms with Crippen LogP contribution in [0.5, 0.6) is 0 Å². The fourth-order valence-corrected chi connectivity index (χ4v) is 2.40. The van der Waals surface area contributed by atoms with Crippen LogP contribution in [0.15, 0.2) is 12.3 Å². The van der Waals surface area contributed by atoms with E-state index in [0.717, 1.165) is 37.3 Å². The molecule has 1 aliphatic heterocycles. The van der Waals surface area contributed by atoms with Crippen molar-refractivity contribution in [3.05, 3.63) is 23.4 Å². The van der Waals surface area contributed by atoms with E-state index in [1.165, 1.54) is 5.56 Å². The van der Waals surface area contributed by atoms with Gasteiger partial charge < -0.3 is 15.7 Å². The largest absolute Gasteiger partial charge is 0.396 e. The lowest BCUT2D eigenvalue weighted by Crippen LogP contribution is -2.35. The van der Waals surface area contributed by atoms with Crippen molar-refractivity contribution in [3.63, 3.8) is 0 Å². The van der Waals surface area contributed by atoms with Gasteiger partial charge in [0, 0.05) is 32.4 Å². The molecule has 2 rings (SSSR count). The quantitative estimate of drug-likeness (QED) is 0.822. The number of nitrogens with two attached hydrogens (primary N) is 1. The average Bonchev–Trinajstić information content (AvgIpc) is 2.39. The van der Waals surface area contributed by atoms with Crippen molar-refractivity contribution in [3.8, 4) is 0 Å². The van der Waals surface area contributed by atoms with Gasteiger partial charge >= 0.3 is 0 Å². The van der Waals surface area contributed by atoms with Gasteiger partial charge in [-0.1, -0.05) is 0 Å². The summed E-state index contributed by atoms with van der Waals surface area (Å²) >= 11 is 0. The number of pyridine rings is 1. The van der Waals surface area contributed by atoms with E-state index in [0.29, 0.717) is 19.1 Å². The summed E-state index contributed by atoms with van der Waals surface area (Å²) in [6.45, 7) is 4.91. The normalized spacial score (nSPS) is 17.5. The zero-order chi connectivity index (χ0) is 12.3. The molecule has 4 nitrogen and oxygen atoms in total. The van der Waals surface area contributed by atoms with Crippen LogP contribution in [0.4, 0.5) is 5.82 Å². The van der Waals surface area contributed by atoms with E-state index in [4.69, 9.17) is 10.8 Å². The monoisotopic (exact) mass is 235 g/mol. The zero-order valence-electron chi connectivity index (χ0n) is 10.4. The molecule has 94 valence electrons. The Morgan fingerprint density at radius 2 is 2.18 bits per heavy atom. The lowest BCUT2D eigenvalue weighted by atomic mass is 9.97. The molecule has 17 heavy (non-hydrogen) atoms. The summed E-state index contributed by atoms with van der Waals surface area (Å²) in [5.74, 6) is 1.54. The Labute approximate surface area is 102 Å². The molecule has 0 atom stereocenters. The first kappa shape index (κ1) is 12.3. The number of aromatic nitrogens is 1. The number of aryl methyl sites for hydroxylation is 1. The first-order valence-electron chi connectivity index (χ1n) is 6.26. The predicted molar refractivity (Wildman–Crippen MR) is 68.9 cm³/mol. The summed E-state index contributed by atoms with van der Waals surface area (Å²) in [7, 11) is 0. The van der Waals surface area contributed by atoms with Crippen LogP contribution in [-0.2, 0) is 6.54 Å². The molecule has 0 radical (unpaired) electrons. The standard InChI is InChI=1S/C13H21N3O/c1-10-6-12(7-14)8-15-13(10)16-4-2-11(9-17)3-5-16/h6,8,11,17H,2-5,7,9,14H2,1H3. The Bertz CT molecular complexity index is 373. The second-order valence-electron chi connectivity index (χ2n) is 4.80. The summed E-state index contributed by atoms with van der Waals surface area (Å²) in [4.78, 5) is 6.81. The van der Waals surface area contributed by atoms with Crippen LogP contribution < -0.4 is 10.6 Å². The van der Waals surface area contributed by atoms with E-state index in [1.807, 2.05) is 6.20 Å². The highest BCUT2D eigenvalue weighted by molar-refractivity contribution is 5.47. The highest BCUT2D eigenvalue weighted by Crippen LogP contribution is 2.24. The maximum absolute atomic E-state index is 9.12. The number of aliphatic hydroxyl groups is 1. The molecule has 0 aromatic carbocycles. The molecule has 1 saturated heterocycles. The Balaban J connectivity index is 2.08. The Kier molecular flexibility index (Phi) is 3.97. The number of nitrogens with zero attached hydrogens (tertiary/aromatic N) is 2. The van der Waals surface area contributed by atoms with Gasteiger partial charge in [0.1, 0.15) is 5.82 Å². The minimum Gasteiger partial charge on any atom is -0.396 e. The Morgan fingerprint density at radius 1 is 1.47 bits per heavy atom. The van der Waals surface area contributed by atoms with Crippen molar-refractivity contribution in [2.24, 2.45) is 11.7 Å². The summed E-state index contributed by atoms with van der Waals surface area (Å²) in [5, 5.41) is 9.12. The number of anilines is 1. The van der Waals surface area contributed by atoms with E-state index >= 15 is 0 Å². The van der Waals surface area contributed by atoms with E-state index in [9.17, 15) is 0 Å². The molecular formula is C13H21N3O. The molecule has 1 aromatic rings. The molecule has 0 unspecified atom stereocenters. The van der Waals surface area contributed by atoms with Crippen molar-refractivity contribution in [1.82, 2.24) is 4.98 Å². The third-order valence-corrected chi connectivity index (χ3v) is 3.52. The van der Waals surface area contributed by atoms with Crippen LogP contribution in [0, 0.1) is 12.8 Å². The van der Waals surface area contributed by atoms with Crippen molar-refractivity contribution < 1.29 is 5.11 Å². The molecule has 0 spiro atoms. The fourth-order valence-electron chi connectivity index (χ4n) is 2.40. The first-order valence-corrected chi connectivity index (χ1v) is 6.26. The fraction of sp³-hybridized carbons (Fsp3) is 0.615. The van der Waals surface area contributed by atoms with Gasteiger partial charge in [0.05, 0.1) is 0 Å². The SMILES string of the molecule is Cc1cc(CN)cnc1N1CCC(CO)CC1.